The Labute approximate surface area is 130 Å². The molecule has 1 spiro atoms. The number of nitrogens with zero attached hydrogens (tertiary/aromatic N) is 2. The molecule has 0 radical (unpaired) electrons. The van der Waals surface area contributed by atoms with E-state index in [1.54, 1.807) is 12.1 Å². The van der Waals surface area contributed by atoms with Crippen molar-refractivity contribution in [3.8, 4) is 0 Å². The van der Waals surface area contributed by atoms with Crippen LogP contribution in [0.5, 0.6) is 0 Å². The van der Waals surface area contributed by atoms with E-state index in [-0.39, 0.29) is 10.6 Å². The van der Waals surface area contributed by atoms with Crippen molar-refractivity contribution in [2.24, 2.45) is 5.41 Å². The molecule has 1 aliphatic carbocycles. The molecule has 21 heavy (non-hydrogen) atoms. The Morgan fingerprint density at radius 3 is 2.48 bits per heavy atom. The zero-order valence-corrected chi connectivity index (χ0v) is 12.9. The molecule has 0 atom stereocenters. The second kappa shape index (κ2) is 5.93. The molecule has 0 bridgehead atoms. The molecule has 0 N–H and O–H groups in total. The summed E-state index contributed by atoms with van der Waals surface area (Å²) in [5, 5.41) is 11.5. The van der Waals surface area contributed by atoms with E-state index >= 15 is 0 Å². The van der Waals surface area contributed by atoms with Crippen molar-refractivity contribution in [2.45, 2.75) is 45.1 Å². The molecule has 114 valence electrons. The summed E-state index contributed by atoms with van der Waals surface area (Å²) in [5.74, 6) is 0. The Kier molecular flexibility index (Phi) is 4.18. The van der Waals surface area contributed by atoms with E-state index in [4.69, 9.17) is 11.6 Å². The van der Waals surface area contributed by atoms with Crippen molar-refractivity contribution < 1.29 is 4.92 Å². The van der Waals surface area contributed by atoms with E-state index in [1.165, 1.54) is 44.6 Å². The van der Waals surface area contributed by atoms with Gasteiger partial charge in [0.2, 0.25) is 0 Å². The van der Waals surface area contributed by atoms with Gasteiger partial charge in [0.15, 0.2) is 0 Å². The van der Waals surface area contributed by atoms with E-state index in [1.807, 2.05) is 0 Å². The summed E-state index contributed by atoms with van der Waals surface area (Å²) < 4.78 is 0. The third kappa shape index (κ3) is 3.22. The lowest BCUT2D eigenvalue weighted by Crippen LogP contribution is -2.38. The van der Waals surface area contributed by atoms with Crippen LogP contribution in [0.4, 0.5) is 5.69 Å². The average molecular weight is 309 g/mol. The molecule has 0 unspecified atom stereocenters. The number of benzene rings is 1. The summed E-state index contributed by atoms with van der Waals surface area (Å²) in [6, 6.07) is 4.72. The topological polar surface area (TPSA) is 46.4 Å². The minimum atomic E-state index is -0.358. The van der Waals surface area contributed by atoms with Gasteiger partial charge in [-0.05, 0) is 55.8 Å². The zero-order valence-electron chi connectivity index (χ0n) is 12.2. The van der Waals surface area contributed by atoms with Gasteiger partial charge in [-0.1, -0.05) is 24.4 Å². The molecule has 2 aliphatic rings. The third-order valence-electron chi connectivity index (χ3n) is 5.22. The highest BCUT2D eigenvalue weighted by atomic mass is 35.5. The lowest BCUT2D eigenvalue weighted by atomic mass is 9.77. The van der Waals surface area contributed by atoms with Gasteiger partial charge < -0.3 is 0 Å². The van der Waals surface area contributed by atoms with E-state index in [0.717, 1.165) is 25.2 Å². The van der Waals surface area contributed by atoms with Crippen molar-refractivity contribution >= 4 is 17.3 Å². The molecular weight excluding hydrogens is 288 g/mol. The molecule has 2 fully saturated rings. The fraction of sp³-hybridized carbons (Fsp3) is 0.625. The van der Waals surface area contributed by atoms with Crippen LogP contribution in [0.3, 0.4) is 0 Å². The first-order valence-electron chi connectivity index (χ1n) is 7.73. The fourth-order valence-corrected chi connectivity index (χ4v) is 4.02. The van der Waals surface area contributed by atoms with Crippen molar-refractivity contribution in [3.63, 3.8) is 0 Å². The van der Waals surface area contributed by atoms with Gasteiger partial charge in [0.25, 0.3) is 5.69 Å². The quantitative estimate of drug-likeness (QED) is 0.614. The van der Waals surface area contributed by atoms with E-state index in [0.29, 0.717) is 10.4 Å². The number of nitro benzene ring substituents is 1. The third-order valence-corrected chi connectivity index (χ3v) is 5.58. The largest absolute Gasteiger partial charge is 0.299 e. The predicted molar refractivity (Wildman–Crippen MR) is 83.5 cm³/mol. The van der Waals surface area contributed by atoms with Crippen LogP contribution in [0.25, 0.3) is 0 Å². The number of rotatable bonds is 3. The number of nitro groups is 1. The molecule has 3 rings (SSSR count). The molecule has 1 heterocycles. The number of non-ortho nitro benzene ring substituents is 1. The van der Waals surface area contributed by atoms with Crippen LogP contribution < -0.4 is 0 Å². The monoisotopic (exact) mass is 308 g/mol. The van der Waals surface area contributed by atoms with Crippen LogP contribution >= 0.6 is 11.6 Å². The second-order valence-electron chi connectivity index (χ2n) is 6.52. The Bertz CT molecular complexity index is 531. The molecule has 1 saturated carbocycles. The molecule has 5 heteroatoms. The standard InChI is InChI=1S/C16H21ClN2O2/c17-15-4-3-14(19(20)21)11-13(15)12-18-9-7-16(8-10-18)5-1-2-6-16/h3-4,11H,1-2,5-10,12H2. The van der Waals surface area contributed by atoms with Gasteiger partial charge >= 0.3 is 0 Å². The maximum atomic E-state index is 10.9. The van der Waals surface area contributed by atoms with Crippen LogP contribution in [-0.2, 0) is 6.54 Å². The number of hydrogen-bond donors (Lipinski definition) is 0. The van der Waals surface area contributed by atoms with Crippen molar-refractivity contribution in [2.75, 3.05) is 13.1 Å². The highest BCUT2D eigenvalue weighted by Crippen LogP contribution is 2.46. The first-order chi connectivity index (χ1) is 10.1. The summed E-state index contributed by atoms with van der Waals surface area (Å²) in [6.45, 7) is 2.88. The summed E-state index contributed by atoms with van der Waals surface area (Å²) in [5.41, 5.74) is 1.59. The fourth-order valence-electron chi connectivity index (χ4n) is 3.85. The van der Waals surface area contributed by atoms with Crippen LogP contribution in [0.15, 0.2) is 18.2 Å². The number of piperidine rings is 1. The molecule has 0 amide bonds. The van der Waals surface area contributed by atoms with E-state index < -0.39 is 0 Å². The summed E-state index contributed by atoms with van der Waals surface area (Å²) in [4.78, 5) is 12.9. The van der Waals surface area contributed by atoms with Crippen molar-refractivity contribution in [1.29, 1.82) is 0 Å². The van der Waals surface area contributed by atoms with E-state index in [2.05, 4.69) is 4.90 Å². The SMILES string of the molecule is O=[N+]([O-])c1ccc(Cl)c(CN2CCC3(CCCC3)CC2)c1. The first-order valence-corrected chi connectivity index (χ1v) is 8.11. The highest BCUT2D eigenvalue weighted by Gasteiger charge is 2.36. The molecule has 1 aromatic rings. The minimum absolute atomic E-state index is 0.124. The van der Waals surface area contributed by atoms with E-state index in [9.17, 15) is 10.1 Å². The van der Waals surface area contributed by atoms with Crippen LogP contribution in [-0.4, -0.2) is 22.9 Å². The molecule has 1 aliphatic heterocycles. The Morgan fingerprint density at radius 1 is 1.19 bits per heavy atom. The van der Waals surface area contributed by atoms with Crippen molar-refractivity contribution in [3.05, 3.63) is 38.9 Å². The van der Waals surface area contributed by atoms with Crippen LogP contribution in [0.1, 0.15) is 44.1 Å². The molecule has 0 aromatic heterocycles. The minimum Gasteiger partial charge on any atom is -0.299 e. The lowest BCUT2D eigenvalue weighted by molar-refractivity contribution is -0.384. The molecule has 1 saturated heterocycles. The average Bonchev–Trinajstić information content (AvgIpc) is 2.92. The normalized spacial score (nSPS) is 21.8. The number of hydrogen-bond acceptors (Lipinski definition) is 3. The second-order valence-corrected chi connectivity index (χ2v) is 6.92. The van der Waals surface area contributed by atoms with Gasteiger partial charge in [0.1, 0.15) is 0 Å². The van der Waals surface area contributed by atoms with Gasteiger partial charge in [0.05, 0.1) is 4.92 Å². The van der Waals surface area contributed by atoms with Gasteiger partial charge in [-0.2, -0.15) is 0 Å². The maximum absolute atomic E-state index is 10.9. The summed E-state index contributed by atoms with van der Waals surface area (Å²) >= 11 is 6.19. The molecule has 4 nitrogen and oxygen atoms in total. The van der Waals surface area contributed by atoms with Crippen LogP contribution in [0.2, 0.25) is 5.02 Å². The first kappa shape index (κ1) is 14.8. The molecular formula is C16H21ClN2O2. The molecule has 1 aromatic carbocycles. The lowest BCUT2D eigenvalue weighted by Gasteiger charge is -2.39. The Balaban J connectivity index is 1.65. The number of likely N-dealkylation sites (tertiary alicyclic amines) is 1. The van der Waals surface area contributed by atoms with Gasteiger partial charge in [0, 0.05) is 23.7 Å². The summed E-state index contributed by atoms with van der Waals surface area (Å²) in [7, 11) is 0. The Morgan fingerprint density at radius 2 is 1.86 bits per heavy atom. The van der Waals surface area contributed by atoms with Gasteiger partial charge in [-0.3, -0.25) is 15.0 Å². The highest BCUT2D eigenvalue weighted by molar-refractivity contribution is 6.31. The van der Waals surface area contributed by atoms with Gasteiger partial charge in [-0.25, -0.2) is 0 Å². The van der Waals surface area contributed by atoms with Crippen LogP contribution in [0, 0.1) is 15.5 Å². The number of halogens is 1. The summed E-state index contributed by atoms with van der Waals surface area (Å²) in [6.07, 6.45) is 8.07. The van der Waals surface area contributed by atoms with Gasteiger partial charge in [-0.15, -0.1) is 0 Å². The smallest absolute Gasteiger partial charge is 0.269 e. The predicted octanol–water partition coefficient (Wildman–Crippen LogP) is 4.40. The maximum Gasteiger partial charge on any atom is 0.269 e. The zero-order chi connectivity index (χ0) is 14.9. The van der Waals surface area contributed by atoms with Crippen molar-refractivity contribution in [1.82, 2.24) is 4.90 Å². The Hall–Kier alpha value is -1.13.